The van der Waals surface area contributed by atoms with E-state index in [1.165, 1.54) is 0 Å². The van der Waals surface area contributed by atoms with Gasteiger partial charge in [0.15, 0.2) is 0 Å². The standard InChI is InChI=1S/C7H9NO2.C4H5NO3/c9-7-4-2-1-3-6(7)5-8-10;6-3-1-2-4(7)5(3)8/h1-4,8-10H,5H2;8H,1-2H2. The van der Waals surface area contributed by atoms with Gasteiger partial charge in [-0.15, -0.1) is 0 Å². The number of rotatable bonds is 2. The third-order valence-corrected chi connectivity index (χ3v) is 2.29. The molecule has 1 aliphatic rings. The number of para-hydroxylation sites is 1. The second kappa shape index (κ2) is 6.70. The van der Waals surface area contributed by atoms with E-state index in [9.17, 15) is 9.59 Å². The lowest BCUT2D eigenvalue weighted by Crippen LogP contribution is -2.24. The lowest BCUT2D eigenvalue weighted by molar-refractivity contribution is -0.171. The van der Waals surface area contributed by atoms with E-state index in [4.69, 9.17) is 15.5 Å². The highest BCUT2D eigenvalue weighted by atomic mass is 16.5. The number of benzene rings is 1. The van der Waals surface area contributed by atoms with Gasteiger partial charge in [0.1, 0.15) is 5.75 Å². The number of phenolic OH excluding ortho intramolecular Hbond substituents is 1. The Hall–Kier alpha value is -1.96. The molecule has 2 rings (SSSR count). The highest BCUT2D eigenvalue weighted by molar-refractivity contribution is 6.00. The van der Waals surface area contributed by atoms with Crippen molar-refractivity contribution in [3.8, 4) is 5.75 Å². The Morgan fingerprint density at radius 2 is 1.72 bits per heavy atom. The smallest absolute Gasteiger partial charge is 0.253 e. The second-order valence-corrected chi connectivity index (χ2v) is 3.56. The summed E-state index contributed by atoms with van der Waals surface area (Å²) in [7, 11) is 0. The second-order valence-electron chi connectivity index (χ2n) is 3.56. The molecule has 0 aliphatic carbocycles. The predicted octanol–water partition coefficient (Wildman–Crippen LogP) is 0.396. The molecule has 1 saturated heterocycles. The van der Waals surface area contributed by atoms with Gasteiger partial charge in [0.25, 0.3) is 11.8 Å². The Morgan fingerprint density at radius 3 is 2.11 bits per heavy atom. The molecule has 0 saturated carbocycles. The Kier molecular flexibility index (Phi) is 5.25. The number of nitrogens with one attached hydrogen (secondary N) is 1. The summed E-state index contributed by atoms with van der Waals surface area (Å²) >= 11 is 0. The van der Waals surface area contributed by atoms with Crippen LogP contribution in [0.25, 0.3) is 0 Å². The number of carbonyl (C=O) groups excluding carboxylic acids is 2. The van der Waals surface area contributed by atoms with Crippen molar-refractivity contribution in [2.24, 2.45) is 0 Å². The first-order chi connectivity index (χ1) is 8.56. The number of hydrogen-bond donors (Lipinski definition) is 4. The molecule has 1 aromatic carbocycles. The molecule has 0 bridgehead atoms. The van der Waals surface area contributed by atoms with E-state index < -0.39 is 11.8 Å². The summed E-state index contributed by atoms with van der Waals surface area (Å²) in [6, 6.07) is 6.84. The van der Waals surface area contributed by atoms with E-state index in [-0.39, 0.29) is 30.2 Å². The van der Waals surface area contributed by atoms with Gasteiger partial charge < -0.3 is 10.3 Å². The molecule has 0 unspecified atom stereocenters. The zero-order valence-electron chi connectivity index (χ0n) is 9.54. The van der Waals surface area contributed by atoms with E-state index in [1.54, 1.807) is 24.3 Å². The van der Waals surface area contributed by atoms with Gasteiger partial charge in [-0.3, -0.25) is 14.8 Å². The fraction of sp³-hybridized carbons (Fsp3) is 0.273. The molecule has 0 spiro atoms. The molecule has 0 radical (unpaired) electrons. The summed E-state index contributed by atoms with van der Waals surface area (Å²) in [5, 5.41) is 25.9. The average Bonchev–Trinajstić information content (AvgIpc) is 2.65. The zero-order chi connectivity index (χ0) is 13.5. The van der Waals surface area contributed by atoms with Crippen LogP contribution in [0, 0.1) is 0 Å². The van der Waals surface area contributed by atoms with Crippen LogP contribution in [0.4, 0.5) is 0 Å². The maximum Gasteiger partial charge on any atom is 0.253 e. The Morgan fingerprint density at radius 1 is 1.17 bits per heavy atom. The molecule has 1 aromatic rings. The Bertz CT molecular complexity index is 419. The maximum absolute atomic E-state index is 10.2. The lowest BCUT2D eigenvalue weighted by Gasteiger charge is -2.00. The van der Waals surface area contributed by atoms with Gasteiger partial charge in [0.05, 0.1) is 0 Å². The minimum atomic E-state index is -0.505. The van der Waals surface area contributed by atoms with Gasteiger partial charge in [-0.25, -0.2) is 5.48 Å². The van der Waals surface area contributed by atoms with E-state index >= 15 is 0 Å². The monoisotopic (exact) mass is 254 g/mol. The number of nitrogens with zero attached hydrogens (tertiary/aromatic N) is 1. The van der Waals surface area contributed by atoms with Crippen molar-refractivity contribution in [1.29, 1.82) is 0 Å². The van der Waals surface area contributed by atoms with Gasteiger partial charge in [0, 0.05) is 24.9 Å². The Labute approximate surface area is 103 Å². The summed E-state index contributed by atoms with van der Waals surface area (Å²) in [5.74, 6) is -0.811. The molecule has 7 nitrogen and oxygen atoms in total. The number of carbonyl (C=O) groups is 2. The van der Waals surface area contributed by atoms with Crippen LogP contribution in [0.1, 0.15) is 18.4 Å². The van der Waals surface area contributed by atoms with E-state index in [1.807, 2.05) is 5.48 Å². The zero-order valence-corrected chi connectivity index (χ0v) is 9.54. The molecular weight excluding hydrogens is 240 g/mol. The first-order valence-corrected chi connectivity index (χ1v) is 5.24. The largest absolute Gasteiger partial charge is 0.508 e. The van der Waals surface area contributed by atoms with Crippen LogP contribution in [-0.4, -0.2) is 32.4 Å². The van der Waals surface area contributed by atoms with Crippen LogP contribution in [0.15, 0.2) is 24.3 Å². The predicted molar refractivity (Wildman–Crippen MR) is 59.6 cm³/mol. The van der Waals surface area contributed by atoms with E-state index in [0.717, 1.165) is 0 Å². The SMILES string of the molecule is O=C1CCC(=O)N1O.ONCc1ccccc1O. The summed E-state index contributed by atoms with van der Waals surface area (Å²) in [6.07, 6.45) is 0.296. The van der Waals surface area contributed by atoms with Crippen molar-refractivity contribution in [3.05, 3.63) is 29.8 Å². The molecule has 1 aliphatic heterocycles. The topological polar surface area (TPSA) is 110 Å². The number of phenols is 1. The third-order valence-electron chi connectivity index (χ3n) is 2.29. The first-order valence-electron chi connectivity index (χ1n) is 5.24. The van der Waals surface area contributed by atoms with E-state index in [2.05, 4.69) is 0 Å². The summed E-state index contributed by atoms with van der Waals surface area (Å²) in [5.41, 5.74) is 2.65. The van der Waals surface area contributed by atoms with Crippen LogP contribution >= 0.6 is 0 Å². The highest BCUT2D eigenvalue weighted by Crippen LogP contribution is 2.14. The van der Waals surface area contributed by atoms with Gasteiger partial charge in [-0.2, -0.15) is 5.06 Å². The number of aromatic hydroxyl groups is 1. The summed E-state index contributed by atoms with van der Waals surface area (Å²) < 4.78 is 0. The fourth-order valence-electron chi connectivity index (χ4n) is 1.31. The first kappa shape index (κ1) is 14.1. The normalized spacial score (nSPS) is 14.4. The molecule has 98 valence electrons. The molecule has 0 atom stereocenters. The molecule has 1 fully saturated rings. The molecule has 18 heavy (non-hydrogen) atoms. The number of hydroxylamine groups is 3. The quantitative estimate of drug-likeness (QED) is 0.345. The lowest BCUT2D eigenvalue weighted by atomic mass is 10.2. The molecule has 7 heteroatoms. The minimum absolute atomic E-state index is 0.148. The molecule has 2 amide bonds. The van der Waals surface area contributed by atoms with Crippen molar-refractivity contribution in [2.75, 3.05) is 0 Å². The maximum atomic E-state index is 10.2. The number of amides is 2. The molecule has 1 heterocycles. The van der Waals surface area contributed by atoms with Crippen molar-refractivity contribution < 1.29 is 25.1 Å². The summed E-state index contributed by atoms with van der Waals surface area (Å²) in [4.78, 5) is 20.5. The van der Waals surface area contributed by atoms with Crippen LogP contribution in [0.3, 0.4) is 0 Å². The van der Waals surface area contributed by atoms with Crippen LogP contribution in [0.5, 0.6) is 5.75 Å². The fourth-order valence-corrected chi connectivity index (χ4v) is 1.31. The van der Waals surface area contributed by atoms with Gasteiger partial charge in [-0.05, 0) is 6.07 Å². The van der Waals surface area contributed by atoms with Gasteiger partial charge in [-0.1, -0.05) is 18.2 Å². The number of imide groups is 1. The highest BCUT2D eigenvalue weighted by Gasteiger charge is 2.26. The van der Waals surface area contributed by atoms with Crippen molar-refractivity contribution in [3.63, 3.8) is 0 Å². The Balaban J connectivity index is 0.000000184. The summed E-state index contributed by atoms with van der Waals surface area (Å²) in [6.45, 7) is 0.271. The van der Waals surface area contributed by atoms with Crippen molar-refractivity contribution >= 4 is 11.8 Å². The minimum Gasteiger partial charge on any atom is -0.508 e. The molecule has 0 aromatic heterocycles. The van der Waals surface area contributed by atoms with E-state index in [0.29, 0.717) is 5.56 Å². The van der Waals surface area contributed by atoms with Crippen LogP contribution in [0.2, 0.25) is 0 Å². The number of hydrogen-bond acceptors (Lipinski definition) is 6. The average molecular weight is 254 g/mol. The molecule has 4 N–H and O–H groups in total. The van der Waals surface area contributed by atoms with Crippen LogP contribution in [-0.2, 0) is 16.1 Å². The van der Waals surface area contributed by atoms with Gasteiger partial charge in [0.2, 0.25) is 0 Å². The molecular formula is C11H14N2O5. The van der Waals surface area contributed by atoms with Crippen molar-refractivity contribution in [1.82, 2.24) is 10.5 Å². The van der Waals surface area contributed by atoms with Crippen molar-refractivity contribution in [2.45, 2.75) is 19.4 Å². The van der Waals surface area contributed by atoms with Gasteiger partial charge >= 0.3 is 0 Å². The third kappa shape index (κ3) is 3.81. The van der Waals surface area contributed by atoms with Crippen LogP contribution < -0.4 is 5.48 Å².